The molecule has 0 aliphatic rings. The topological polar surface area (TPSA) is 52.9 Å². The van der Waals surface area contributed by atoms with E-state index in [9.17, 15) is 4.21 Å². The van der Waals surface area contributed by atoms with E-state index in [1.807, 2.05) is 91.9 Å². The molecule has 0 fully saturated rings. The summed E-state index contributed by atoms with van der Waals surface area (Å²) in [6.45, 7) is 2.03. The maximum absolute atomic E-state index is 13.4. The Hall–Kier alpha value is -3.68. The molecule has 4 aromatic carbocycles. The Balaban J connectivity index is 1.66. The molecule has 0 saturated heterocycles. The molecule has 4 aromatic rings. The molecular weight excluding hydrogens is 412 g/mol. The van der Waals surface area contributed by atoms with Gasteiger partial charge in [-0.25, -0.2) is 4.21 Å². The molecule has 0 radical (unpaired) electrons. The maximum atomic E-state index is 13.4. The Labute approximate surface area is 191 Å². The van der Waals surface area contributed by atoms with Crippen LogP contribution in [-0.2, 0) is 17.2 Å². The standard InChI is InChI=1S/C28H24N2OS/c1-21-11-17-26(18-12-21)32(31)28-10-6-5-9-24(28)19-27(23-7-3-2-4-8-23)30-25-15-13-22(20-29)14-16-25/h2-18,27,30H,19H2,1H3/t27-,32?/m0/s1. The predicted octanol–water partition coefficient (Wildman–Crippen LogP) is 6.43. The Bertz CT molecular complexity index is 1240. The molecule has 0 saturated carbocycles. The predicted molar refractivity (Wildman–Crippen MR) is 130 cm³/mol. The quantitative estimate of drug-likeness (QED) is 0.363. The van der Waals surface area contributed by atoms with Gasteiger partial charge in [-0.05, 0) is 66.9 Å². The van der Waals surface area contributed by atoms with Crippen molar-refractivity contribution in [2.45, 2.75) is 29.2 Å². The van der Waals surface area contributed by atoms with Gasteiger partial charge in [0.05, 0.1) is 28.5 Å². The molecule has 1 unspecified atom stereocenters. The van der Waals surface area contributed by atoms with Crippen LogP contribution >= 0.6 is 0 Å². The number of hydrogen-bond donors (Lipinski definition) is 1. The Kier molecular flexibility index (Phi) is 6.79. The maximum Gasteiger partial charge on any atom is 0.0991 e. The van der Waals surface area contributed by atoms with E-state index in [0.29, 0.717) is 12.0 Å². The first-order chi connectivity index (χ1) is 15.6. The van der Waals surface area contributed by atoms with Crippen LogP contribution in [0.2, 0.25) is 0 Å². The number of nitriles is 1. The molecule has 2 atom stereocenters. The minimum absolute atomic E-state index is 0.0136. The summed E-state index contributed by atoms with van der Waals surface area (Å²) in [5.41, 5.74) is 4.91. The van der Waals surface area contributed by atoms with Gasteiger partial charge in [-0.3, -0.25) is 0 Å². The first-order valence-electron chi connectivity index (χ1n) is 10.5. The van der Waals surface area contributed by atoms with E-state index in [1.54, 1.807) is 0 Å². The number of nitrogens with one attached hydrogen (secondary N) is 1. The molecule has 1 N–H and O–H groups in total. The van der Waals surface area contributed by atoms with Gasteiger partial charge in [0.15, 0.2) is 0 Å². The molecule has 4 heteroatoms. The molecule has 0 heterocycles. The molecular formula is C28H24N2OS. The zero-order valence-corrected chi connectivity index (χ0v) is 18.7. The normalized spacial score (nSPS) is 12.5. The van der Waals surface area contributed by atoms with Crippen LogP contribution in [0.5, 0.6) is 0 Å². The van der Waals surface area contributed by atoms with Gasteiger partial charge in [-0.2, -0.15) is 5.26 Å². The molecule has 3 nitrogen and oxygen atoms in total. The van der Waals surface area contributed by atoms with E-state index in [4.69, 9.17) is 5.26 Å². The van der Waals surface area contributed by atoms with Crippen molar-refractivity contribution in [2.75, 3.05) is 5.32 Å². The van der Waals surface area contributed by atoms with Gasteiger partial charge in [-0.1, -0.05) is 66.2 Å². The molecule has 0 aliphatic heterocycles. The molecule has 0 amide bonds. The minimum Gasteiger partial charge on any atom is -0.378 e. The molecule has 4 rings (SSSR count). The van der Waals surface area contributed by atoms with Gasteiger partial charge in [0.2, 0.25) is 0 Å². The lowest BCUT2D eigenvalue weighted by molar-refractivity contribution is 0.680. The van der Waals surface area contributed by atoms with Crippen molar-refractivity contribution in [3.05, 3.63) is 125 Å². The fourth-order valence-corrected chi connectivity index (χ4v) is 4.87. The van der Waals surface area contributed by atoms with Crippen LogP contribution in [0.1, 0.15) is 28.3 Å². The monoisotopic (exact) mass is 436 g/mol. The summed E-state index contributed by atoms with van der Waals surface area (Å²) in [5.74, 6) is 0. The average molecular weight is 437 g/mol. The second kappa shape index (κ2) is 10.1. The third-order valence-corrected chi connectivity index (χ3v) is 6.89. The van der Waals surface area contributed by atoms with E-state index in [2.05, 4.69) is 29.6 Å². The molecule has 32 heavy (non-hydrogen) atoms. The SMILES string of the molecule is Cc1ccc(S(=O)c2ccccc2C[C@H](Nc2ccc(C#N)cc2)c2ccccc2)cc1. The van der Waals surface area contributed by atoms with Crippen LogP contribution in [0.25, 0.3) is 0 Å². The van der Waals surface area contributed by atoms with E-state index in [0.717, 1.165) is 32.2 Å². The van der Waals surface area contributed by atoms with Crippen molar-refractivity contribution in [3.63, 3.8) is 0 Å². The van der Waals surface area contributed by atoms with Gasteiger partial charge < -0.3 is 5.32 Å². The first kappa shape index (κ1) is 21.5. The van der Waals surface area contributed by atoms with Crippen molar-refractivity contribution in [2.24, 2.45) is 0 Å². The van der Waals surface area contributed by atoms with Crippen LogP contribution < -0.4 is 5.32 Å². The summed E-state index contributed by atoms with van der Waals surface area (Å²) in [7, 11) is -1.25. The van der Waals surface area contributed by atoms with E-state index < -0.39 is 10.8 Å². The molecule has 0 bridgehead atoms. The smallest absolute Gasteiger partial charge is 0.0991 e. The highest BCUT2D eigenvalue weighted by atomic mass is 32.2. The fraction of sp³-hybridized carbons (Fsp3) is 0.107. The van der Waals surface area contributed by atoms with E-state index >= 15 is 0 Å². The van der Waals surface area contributed by atoms with Gasteiger partial charge in [0.1, 0.15) is 0 Å². The summed E-state index contributed by atoms with van der Waals surface area (Å²) in [6, 6.07) is 35.7. The lowest BCUT2D eigenvalue weighted by Crippen LogP contribution is -2.15. The van der Waals surface area contributed by atoms with Crippen LogP contribution in [0.4, 0.5) is 5.69 Å². The second-order valence-electron chi connectivity index (χ2n) is 7.69. The van der Waals surface area contributed by atoms with Crippen molar-refractivity contribution < 1.29 is 4.21 Å². The lowest BCUT2D eigenvalue weighted by Gasteiger charge is -2.22. The molecule has 158 valence electrons. The number of rotatable bonds is 7. The van der Waals surface area contributed by atoms with Gasteiger partial charge >= 0.3 is 0 Å². The number of hydrogen-bond acceptors (Lipinski definition) is 3. The lowest BCUT2D eigenvalue weighted by atomic mass is 9.98. The zero-order valence-electron chi connectivity index (χ0n) is 17.9. The summed E-state index contributed by atoms with van der Waals surface area (Å²) < 4.78 is 13.4. The van der Waals surface area contributed by atoms with Crippen LogP contribution in [-0.4, -0.2) is 4.21 Å². The minimum atomic E-state index is -1.25. The highest BCUT2D eigenvalue weighted by Crippen LogP contribution is 2.28. The molecule has 0 spiro atoms. The van der Waals surface area contributed by atoms with Crippen LogP contribution in [0.15, 0.2) is 113 Å². The second-order valence-corrected chi connectivity index (χ2v) is 9.14. The summed E-state index contributed by atoms with van der Waals surface area (Å²) in [6.07, 6.45) is 0.678. The fourth-order valence-electron chi connectivity index (χ4n) is 3.64. The number of anilines is 1. The number of nitrogens with zero attached hydrogens (tertiary/aromatic N) is 1. The first-order valence-corrected chi connectivity index (χ1v) is 11.7. The highest BCUT2D eigenvalue weighted by molar-refractivity contribution is 7.85. The van der Waals surface area contributed by atoms with Crippen LogP contribution in [0.3, 0.4) is 0 Å². The molecule has 0 aromatic heterocycles. The van der Waals surface area contributed by atoms with E-state index in [-0.39, 0.29) is 6.04 Å². The van der Waals surface area contributed by atoms with Crippen molar-refractivity contribution >= 4 is 16.5 Å². The Morgan fingerprint density at radius 2 is 1.50 bits per heavy atom. The summed E-state index contributed by atoms with van der Waals surface area (Å²) >= 11 is 0. The van der Waals surface area contributed by atoms with Crippen molar-refractivity contribution in [1.29, 1.82) is 5.26 Å². The summed E-state index contributed by atoms with van der Waals surface area (Å²) in [5, 5.41) is 12.7. The third kappa shape index (κ3) is 5.14. The largest absolute Gasteiger partial charge is 0.378 e. The van der Waals surface area contributed by atoms with Crippen molar-refractivity contribution in [1.82, 2.24) is 0 Å². The Morgan fingerprint density at radius 3 is 2.19 bits per heavy atom. The highest BCUT2D eigenvalue weighted by Gasteiger charge is 2.18. The summed E-state index contributed by atoms with van der Waals surface area (Å²) in [4.78, 5) is 1.64. The average Bonchev–Trinajstić information content (AvgIpc) is 2.85. The molecule has 0 aliphatic carbocycles. The zero-order chi connectivity index (χ0) is 22.3. The third-order valence-electron chi connectivity index (χ3n) is 5.39. The van der Waals surface area contributed by atoms with E-state index in [1.165, 1.54) is 0 Å². The van der Waals surface area contributed by atoms with Gasteiger partial charge in [-0.15, -0.1) is 0 Å². The van der Waals surface area contributed by atoms with Crippen molar-refractivity contribution in [3.8, 4) is 6.07 Å². The van der Waals surface area contributed by atoms with Gasteiger partial charge in [0.25, 0.3) is 0 Å². The number of benzene rings is 4. The Morgan fingerprint density at radius 1 is 0.844 bits per heavy atom. The number of aryl methyl sites for hydroxylation is 1. The van der Waals surface area contributed by atoms with Crippen LogP contribution in [0, 0.1) is 18.3 Å². The van der Waals surface area contributed by atoms with Gasteiger partial charge in [0, 0.05) is 15.5 Å².